The van der Waals surface area contributed by atoms with Gasteiger partial charge in [0.15, 0.2) is 17.6 Å². The van der Waals surface area contributed by atoms with Crippen molar-refractivity contribution in [3.8, 4) is 17.2 Å². The lowest BCUT2D eigenvalue weighted by atomic mass is 10.2. The third-order valence-electron chi connectivity index (χ3n) is 3.92. The van der Waals surface area contributed by atoms with Gasteiger partial charge in [-0.15, -0.1) is 0 Å². The minimum absolute atomic E-state index is 0.0503. The summed E-state index contributed by atoms with van der Waals surface area (Å²) < 4.78 is 16.7. The first-order chi connectivity index (χ1) is 12.9. The van der Waals surface area contributed by atoms with Gasteiger partial charge in [-0.25, -0.2) is 0 Å². The Morgan fingerprint density at radius 1 is 1.19 bits per heavy atom. The SMILES string of the molecule is Cc1cc(Cl)ccc1O[C@H](C)C(=O)NNC(=O)[C@@H]1COc2ccccc2O1. The van der Waals surface area contributed by atoms with Crippen LogP contribution in [0.1, 0.15) is 12.5 Å². The van der Waals surface area contributed by atoms with Crippen molar-refractivity contribution >= 4 is 23.4 Å². The molecule has 1 heterocycles. The van der Waals surface area contributed by atoms with Crippen molar-refractivity contribution in [2.24, 2.45) is 0 Å². The molecule has 27 heavy (non-hydrogen) atoms. The van der Waals surface area contributed by atoms with E-state index in [1.54, 1.807) is 43.3 Å². The van der Waals surface area contributed by atoms with E-state index in [4.69, 9.17) is 25.8 Å². The number of hydrazine groups is 1. The standard InChI is InChI=1S/C19H19ClN2O5/c1-11-9-13(20)7-8-14(11)26-12(2)18(23)21-22-19(24)17-10-25-15-5-3-4-6-16(15)27-17/h3-9,12,17H,10H2,1-2H3,(H,21,23)(H,22,24)/t12-,17+/m1/s1. The lowest BCUT2D eigenvalue weighted by Gasteiger charge is -2.25. The molecule has 2 atom stereocenters. The van der Waals surface area contributed by atoms with Crippen LogP contribution in [0.25, 0.3) is 0 Å². The van der Waals surface area contributed by atoms with E-state index >= 15 is 0 Å². The summed E-state index contributed by atoms with van der Waals surface area (Å²) in [6.07, 6.45) is -1.69. The molecule has 0 unspecified atom stereocenters. The van der Waals surface area contributed by atoms with E-state index in [1.807, 2.05) is 13.0 Å². The summed E-state index contributed by atoms with van der Waals surface area (Å²) in [7, 11) is 0. The van der Waals surface area contributed by atoms with Crippen molar-refractivity contribution in [3.63, 3.8) is 0 Å². The summed E-state index contributed by atoms with van der Waals surface area (Å²) in [5.74, 6) is 0.563. The van der Waals surface area contributed by atoms with Gasteiger partial charge in [0.25, 0.3) is 11.8 Å². The number of aryl methyl sites for hydroxylation is 1. The number of nitrogens with one attached hydrogen (secondary N) is 2. The first-order valence-electron chi connectivity index (χ1n) is 8.35. The molecule has 2 aromatic carbocycles. The molecule has 2 N–H and O–H groups in total. The summed E-state index contributed by atoms with van der Waals surface area (Å²) in [5, 5.41) is 0.584. The third-order valence-corrected chi connectivity index (χ3v) is 4.15. The molecule has 0 radical (unpaired) electrons. The molecular weight excluding hydrogens is 372 g/mol. The van der Waals surface area contributed by atoms with Crippen LogP contribution in [0.5, 0.6) is 17.2 Å². The zero-order chi connectivity index (χ0) is 19.4. The number of rotatable bonds is 4. The zero-order valence-electron chi connectivity index (χ0n) is 14.8. The number of hydrogen-bond donors (Lipinski definition) is 2. The van der Waals surface area contributed by atoms with Crippen LogP contribution in [0.4, 0.5) is 0 Å². The van der Waals surface area contributed by atoms with Crippen molar-refractivity contribution in [1.82, 2.24) is 10.9 Å². The van der Waals surface area contributed by atoms with Crippen LogP contribution in [0.2, 0.25) is 5.02 Å². The van der Waals surface area contributed by atoms with Crippen molar-refractivity contribution in [3.05, 3.63) is 53.1 Å². The molecule has 2 aromatic rings. The molecule has 1 aliphatic rings. The summed E-state index contributed by atoms with van der Waals surface area (Å²) in [4.78, 5) is 24.4. The van der Waals surface area contributed by atoms with Gasteiger partial charge in [-0.2, -0.15) is 0 Å². The van der Waals surface area contributed by atoms with Gasteiger partial charge in [0, 0.05) is 5.02 Å². The fraction of sp³-hybridized carbons (Fsp3) is 0.263. The van der Waals surface area contributed by atoms with Crippen molar-refractivity contribution < 1.29 is 23.8 Å². The van der Waals surface area contributed by atoms with Crippen LogP contribution in [0.3, 0.4) is 0 Å². The molecule has 0 saturated carbocycles. The van der Waals surface area contributed by atoms with Gasteiger partial charge in [-0.05, 0) is 49.7 Å². The number of carbonyl (C=O) groups is 2. The maximum atomic E-state index is 12.2. The summed E-state index contributed by atoms with van der Waals surface area (Å²) in [6, 6.07) is 12.1. The van der Waals surface area contributed by atoms with E-state index in [0.717, 1.165) is 5.56 Å². The second-order valence-corrected chi connectivity index (χ2v) is 6.45. The third kappa shape index (κ3) is 4.62. The average molecular weight is 391 g/mol. The van der Waals surface area contributed by atoms with E-state index in [2.05, 4.69) is 10.9 Å². The number of ether oxygens (including phenoxy) is 3. The Morgan fingerprint density at radius 3 is 2.67 bits per heavy atom. The normalized spacial score (nSPS) is 16.2. The lowest BCUT2D eigenvalue weighted by molar-refractivity contribution is -0.137. The first kappa shape index (κ1) is 18.8. The highest BCUT2D eigenvalue weighted by molar-refractivity contribution is 6.30. The number of benzene rings is 2. The Balaban J connectivity index is 1.50. The Morgan fingerprint density at radius 2 is 1.93 bits per heavy atom. The number of amides is 2. The van der Waals surface area contributed by atoms with Crippen LogP contribution >= 0.6 is 11.6 Å². The van der Waals surface area contributed by atoms with Gasteiger partial charge in [0.05, 0.1) is 0 Å². The van der Waals surface area contributed by atoms with Gasteiger partial charge < -0.3 is 14.2 Å². The Kier molecular flexibility index (Phi) is 5.71. The number of fused-ring (bicyclic) bond motifs is 1. The van der Waals surface area contributed by atoms with Crippen LogP contribution in [0.15, 0.2) is 42.5 Å². The maximum absolute atomic E-state index is 12.2. The molecule has 3 rings (SSSR count). The molecule has 142 valence electrons. The van der Waals surface area contributed by atoms with Gasteiger partial charge in [0.1, 0.15) is 12.4 Å². The topological polar surface area (TPSA) is 85.9 Å². The highest BCUT2D eigenvalue weighted by Crippen LogP contribution is 2.30. The predicted octanol–water partition coefficient (Wildman–Crippen LogP) is 2.40. The van der Waals surface area contributed by atoms with Crippen LogP contribution in [-0.2, 0) is 9.59 Å². The van der Waals surface area contributed by atoms with Crippen LogP contribution in [0, 0.1) is 6.92 Å². The molecule has 0 aromatic heterocycles. The second-order valence-electron chi connectivity index (χ2n) is 6.01. The minimum atomic E-state index is -0.866. The number of hydrogen-bond acceptors (Lipinski definition) is 5. The number of halogens is 1. The highest BCUT2D eigenvalue weighted by Gasteiger charge is 2.28. The summed E-state index contributed by atoms with van der Waals surface area (Å²) in [5.41, 5.74) is 5.46. The summed E-state index contributed by atoms with van der Waals surface area (Å²) in [6.45, 7) is 3.45. The molecular formula is C19H19ClN2O5. The molecule has 1 aliphatic heterocycles. The molecule has 0 saturated heterocycles. The Labute approximate surface area is 161 Å². The quantitative estimate of drug-likeness (QED) is 0.783. The van der Waals surface area contributed by atoms with Crippen LogP contribution < -0.4 is 25.1 Å². The largest absolute Gasteiger partial charge is 0.485 e. The molecule has 0 fully saturated rings. The van der Waals surface area contributed by atoms with E-state index < -0.39 is 24.0 Å². The smallest absolute Gasteiger partial charge is 0.283 e. The van der Waals surface area contributed by atoms with E-state index in [1.165, 1.54) is 0 Å². The highest BCUT2D eigenvalue weighted by atomic mass is 35.5. The molecule has 0 bridgehead atoms. The second kappa shape index (κ2) is 8.18. The van der Waals surface area contributed by atoms with E-state index in [9.17, 15) is 9.59 Å². The van der Waals surface area contributed by atoms with E-state index in [-0.39, 0.29) is 6.61 Å². The zero-order valence-corrected chi connectivity index (χ0v) is 15.6. The molecule has 7 nitrogen and oxygen atoms in total. The fourth-order valence-electron chi connectivity index (χ4n) is 2.44. The Bertz CT molecular complexity index is 858. The van der Waals surface area contributed by atoms with Gasteiger partial charge in [-0.1, -0.05) is 23.7 Å². The summed E-state index contributed by atoms with van der Waals surface area (Å²) >= 11 is 5.90. The monoisotopic (exact) mass is 390 g/mol. The van der Waals surface area contributed by atoms with E-state index in [0.29, 0.717) is 22.3 Å². The molecule has 8 heteroatoms. The predicted molar refractivity (Wildman–Crippen MR) is 98.9 cm³/mol. The Hall–Kier alpha value is -2.93. The van der Waals surface area contributed by atoms with Crippen molar-refractivity contribution in [2.75, 3.05) is 6.61 Å². The minimum Gasteiger partial charge on any atom is -0.485 e. The maximum Gasteiger partial charge on any atom is 0.283 e. The number of carbonyl (C=O) groups excluding carboxylic acids is 2. The van der Waals surface area contributed by atoms with Crippen molar-refractivity contribution in [2.45, 2.75) is 26.1 Å². The van der Waals surface area contributed by atoms with Gasteiger partial charge in [0.2, 0.25) is 6.10 Å². The fourth-order valence-corrected chi connectivity index (χ4v) is 2.67. The lowest BCUT2D eigenvalue weighted by Crippen LogP contribution is -2.53. The molecule has 2 amide bonds. The van der Waals surface area contributed by atoms with Gasteiger partial charge >= 0.3 is 0 Å². The van der Waals surface area contributed by atoms with Crippen molar-refractivity contribution in [1.29, 1.82) is 0 Å². The van der Waals surface area contributed by atoms with Crippen LogP contribution in [-0.4, -0.2) is 30.6 Å². The molecule has 0 spiro atoms. The first-order valence-corrected chi connectivity index (χ1v) is 8.73. The average Bonchev–Trinajstić information content (AvgIpc) is 2.67. The molecule has 0 aliphatic carbocycles. The van der Waals surface area contributed by atoms with Gasteiger partial charge in [-0.3, -0.25) is 20.4 Å². The number of para-hydroxylation sites is 2.